The van der Waals surface area contributed by atoms with E-state index in [2.05, 4.69) is 27.2 Å². The van der Waals surface area contributed by atoms with Crippen molar-refractivity contribution < 1.29 is 14.6 Å². The highest BCUT2D eigenvalue weighted by Gasteiger charge is 2.28. The Hall–Kier alpha value is -2.06. The Balaban J connectivity index is 1.33. The highest BCUT2D eigenvalue weighted by Crippen LogP contribution is 2.31. The number of hydrogen-bond acceptors (Lipinski definition) is 6. The first kappa shape index (κ1) is 25.6. The van der Waals surface area contributed by atoms with Gasteiger partial charge in [-0.05, 0) is 19.3 Å². The molecule has 2 aromatic rings. The fraction of sp³-hybridized carbons (Fsp3) is 0.760. The minimum atomic E-state index is -0.202. The molecule has 1 fully saturated rings. The minimum absolute atomic E-state index is 0.0124. The lowest BCUT2D eigenvalue weighted by molar-refractivity contribution is -0.116. The highest BCUT2D eigenvalue weighted by molar-refractivity contribution is 5.96. The molecular formula is C25H41N5O3. The number of anilines is 1. The third-order valence-electron chi connectivity index (χ3n) is 6.47. The monoisotopic (exact) mass is 459 g/mol. The summed E-state index contributed by atoms with van der Waals surface area (Å²) in [5, 5.41) is 12.2. The topological polar surface area (TPSA) is 102 Å². The Kier molecular flexibility index (Phi) is 11.0. The number of carbonyl (C=O) groups is 1. The Labute approximate surface area is 197 Å². The van der Waals surface area contributed by atoms with Crippen LogP contribution in [0.4, 0.5) is 5.82 Å². The Bertz CT molecular complexity index is 841. The summed E-state index contributed by atoms with van der Waals surface area (Å²) in [5.74, 6) is 0.411. The predicted molar refractivity (Wildman–Crippen MR) is 130 cm³/mol. The SMILES string of the molecule is CCCCCCCCCCCCCCC(=O)Nc1ncnc2c1ncn2[C@H]1CC[C@@H](CO)O1. The van der Waals surface area contributed by atoms with Crippen LogP contribution in [0.2, 0.25) is 0 Å². The van der Waals surface area contributed by atoms with Crippen molar-refractivity contribution in [3.63, 3.8) is 0 Å². The van der Waals surface area contributed by atoms with E-state index >= 15 is 0 Å². The van der Waals surface area contributed by atoms with Crippen molar-refractivity contribution in [1.82, 2.24) is 19.5 Å². The molecule has 1 aliphatic rings. The second kappa shape index (κ2) is 14.3. The molecule has 1 aliphatic heterocycles. The molecule has 0 aliphatic carbocycles. The van der Waals surface area contributed by atoms with Crippen molar-refractivity contribution in [3.05, 3.63) is 12.7 Å². The van der Waals surface area contributed by atoms with Crippen LogP contribution in [0.1, 0.15) is 109 Å². The van der Waals surface area contributed by atoms with E-state index in [-0.39, 0.29) is 24.8 Å². The van der Waals surface area contributed by atoms with Gasteiger partial charge in [-0.15, -0.1) is 0 Å². The van der Waals surface area contributed by atoms with Gasteiger partial charge in [-0.2, -0.15) is 0 Å². The van der Waals surface area contributed by atoms with Crippen molar-refractivity contribution in [2.75, 3.05) is 11.9 Å². The fourth-order valence-corrected chi connectivity index (χ4v) is 4.50. The second-order valence-electron chi connectivity index (χ2n) is 9.21. The van der Waals surface area contributed by atoms with Gasteiger partial charge in [0.15, 0.2) is 17.0 Å². The number of imidazole rings is 1. The van der Waals surface area contributed by atoms with E-state index in [9.17, 15) is 9.90 Å². The summed E-state index contributed by atoms with van der Waals surface area (Å²) in [6.07, 6.45) is 20.2. The van der Waals surface area contributed by atoms with Crippen LogP contribution in [0.3, 0.4) is 0 Å². The number of aliphatic hydroxyl groups excluding tert-OH is 1. The van der Waals surface area contributed by atoms with E-state index < -0.39 is 0 Å². The van der Waals surface area contributed by atoms with Crippen molar-refractivity contribution in [2.45, 2.75) is 116 Å². The number of nitrogens with one attached hydrogen (secondary N) is 1. The van der Waals surface area contributed by atoms with Crippen LogP contribution in [-0.4, -0.2) is 43.2 Å². The van der Waals surface area contributed by atoms with Crippen LogP contribution in [0.15, 0.2) is 12.7 Å². The summed E-state index contributed by atoms with van der Waals surface area (Å²) < 4.78 is 7.69. The zero-order chi connectivity index (χ0) is 23.3. The summed E-state index contributed by atoms with van der Waals surface area (Å²) in [7, 11) is 0. The molecule has 0 unspecified atom stereocenters. The minimum Gasteiger partial charge on any atom is -0.394 e. The molecule has 0 radical (unpaired) electrons. The second-order valence-corrected chi connectivity index (χ2v) is 9.21. The first-order valence-electron chi connectivity index (χ1n) is 13.0. The number of amides is 1. The maximum absolute atomic E-state index is 12.4. The van der Waals surface area contributed by atoms with Crippen molar-refractivity contribution in [1.29, 1.82) is 0 Å². The molecule has 8 heteroatoms. The van der Waals surface area contributed by atoms with E-state index in [1.165, 1.54) is 70.5 Å². The number of unbranched alkanes of at least 4 members (excludes halogenated alkanes) is 11. The molecule has 3 heterocycles. The number of rotatable bonds is 16. The van der Waals surface area contributed by atoms with Gasteiger partial charge in [0, 0.05) is 6.42 Å². The Morgan fingerprint density at radius 1 is 1.00 bits per heavy atom. The summed E-state index contributed by atoms with van der Waals surface area (Å²) >= 11 is 0. The number of ether oxygens (including phenoxy) is 1. The van der Waals surface area contributed by atoms with E-state index in [4.69, 9.17) is 4.74 Å². The van der Waals surface area contributed by atoms with Gasteiger partial charge in [-0.1, -0.05) is 77.6 Å². The molecule has 33 heavy (non-hydrogen) atoms. The Morgan fingerprint density at radius 2 is 1.67 bits per heavy atom. The van der Waals surface area contributed by atoms with Gasteiger partial charge in [-0.25, -0.2) is 15.0 Å². The van der Waals surface area contributed by atoms with Gasteiger partial charge < -0.3 is 15.2 Å². The molecule has 2 aromatic heterocycles. The van der Waals surface area contributed by atoms with Crippen LogP contribution in [0, 0.1) is 0 Å². The van der Waals surface area contributed by atoms with Crippen LogP contribution < -0.4 is 5.32 Å². The summed E-state index contributed by atoms with van der Waals surface area (Å²) in [6.45, 7) is 2.27. The lowest BCUT2D eigenvalue weighted by Gasteiger charge is -2.13. The van der Waals surface area contributed by atoms with Crippen molar-refractivity contribution in [3.8, 4) is 0 Å². The number of hydrogen-bond donors (Lipinski definition) is 2. The zero-order valence-electron chi connectivity index (χ0n) is 20.2. The molecule has 0 saturated carbocycles. The maximum Gasteiger partial charge on any atom is 0.225 e. The maximum atomic E-state index is 12.4. The molecule has 0 bridgehead atoms. The zero-order valence-corrected chi connectivity index (χ0v) is 20.2. The van der Waals surface area contributed by atoms with E-state index in [0.29, 0.717) is 23.4 Å². The molecule has 1 saturated heterocycles. The van der Waals surface area contributed by atoms with Crippen molar-refractivity contribution >= 4 is 22.9 Å². The number of aliphatic hydroxyl groups is 1. The van der Waals surface area contributed by atoms with Gasteiger partial charge in [0.05, 0.1) is 19.0 Å². The van der Waals surface area contributed by atoms with E-state index in [1.807, 2.05) is 4.57 Å². The van der Waals surface area contributed by atoms with Gasteiger partial charge in [-0.3, -0.25) is 9.36 Å². The van der Waals surface area contributed by atoms with E-state index in [1.54, 1.807) is 6.33 Å². The normalized spacial score (nSPS) is 18.2. The average molecular weight is 460 g/mol. The molecule has 184 valence electrons. The first-order chi connectivity index (χ1) is 16.2. The van der Waals surface area contributed by atoms with Gasteiger partial charge >= 0.3 is 0 Å². The van der Waals surface area contributed by atoms with Crippen LogP contribution >= 0.6 is 0 Å². The molecular weight excluding hydrogens is 418 g/mol. The lowest BCUT2D eigenvalue weighted by Crippen LogP contribution is -2.15. The smallest absolute Gasteiger partial charge is 0.225 e. The standard InChI is InChI=1S/C25H41N5O3/c1-2-3-4-5-6-7-8-9-10-11-12-13-14-21(32)29-24-23-25(27-18-26-24)30(19-28-23)22-16-15-20(17-31)33-22/h18-20,22,31H,2-17H2,1H3,(H,26,27,29,32)/t20-,22+/m0/s1. The Morgan fingerprint density at radius 3 is 2.30 bits per heavy atom. The number of carbonyl (C=O) groups excluding carboxylic acids is 1. The molecule has 1 amide bonds. The van der Waals surface area contributed by atoms with Crippen LogP contribution in [-0.2, 0) is 9.53 Å². The molecule has 0 spiro atoms. The number of fused-ring (bicyclic) bond motifs is 1. The molecule has 2 N–H and O–H groups in total. The summed E-state index contributed by atoms with van der Waals surface area (Å²) in [4.78, 5) is 25.4. The summed E-state index contributed by atoms with van der Waals surface area (Å²) in [5.41, 5.74) is 1.20. The quantitative estimate of drug-likeness (QED) is 0.320. The molecule has 8 nitrogen and oxygen atoms in total. The highest BCUT2D eigenvalue weighted by atomic mass is 16.5. The largest absolute Gasteiger partial charge is 0.394 e. The van der Waals surface area contributed by atoms with Crippen LogP contribution in [0.5, 0.6) is 0 Å². The molecule has 3 rings (SSSR count). The van der Waals surface area contributed by atoms with Gasteiger partial charge in [0.2, 0.25) is 5.91 Å². The van der Waals surface area contributed by atoms with E-state index in [0.717, 1.165) is 25.7 Å². The first-order valence-corrected chi connectivity index (χ1v) is 13.0. The van der Waals surface area contributed by atoms with Gasteiger partial charge in [0.1, 0.15) is 12.6 Å². The van der Waals surface area contributed by atoms with Crippen LogP contribution in [0.25, 0.3) is 11.2 Å². The fourth-order valence-electron chi connectivity index (χ4n) is 4.50. The molecule has 2 atom stereocenters. The lowest BCUT2D eigenvalue weighted by atomic mass is 10.0. The third kappa shape index (κ3) is 8.03. The average Bonchev–Trinajstić information content (AvgIpc) is 3.47. The summed E-state index contributed by atoms with van der Waals surface area (Å²) in [6, 6.07) is 0. The number of nitrogens with zero attached hydrogens (tertiary/aromatic N) is 4. The predicted octanol–water partition coefficient (Wildman–Crippen LogP) is 5.53. The third-order valence-corrected chi connectivity index (χ3v) is 6.47. The van der Waals surface area contributed by atoms with Gasteiger partial charge in [0.25, 0.3) is 0 Å². The molecule has 0 aromatic carbocycles. The number of aromatic nitrogens is 4. The van der Waals surface area contributed by atoms with Crippen molar-refractivity contribution in [2.24, 2.45) is 0 Å².